The molecule has 0 aliphatic rings. The molecule has 0 fully saturated rings. The fraction of sp³-hybridized carbons (Fsp3) is 0.400. The highest BCUT2D eigenvalue weighted by atomic mass is 32.2. The molecule has 2 N–H and O–H groups in total. The summed E-state index contributed by atoms with van der Waals surface area (Å²) < 4.78 is 21.8. The van der Waals surface area contributed by atoms with Gasteiger partial charge in [0, 0.05) is 12.7 Å². The third-order valence-corrected chi connectivity index (χ3v) is 3.21. The van der Waals surface area contributed by atoms with Crippen LogP contribution < -0.4 is 5.32 Å². The molecule has 1 aromatic heterocycles. The van der Waals surface area contributed by atoms with Crippen molar-refractivity contribution in [2.24, 2.45) is 0 Å². The van der Waals surface area contributed by atoms with Crippen molar-refractivity contribution < 1.29 is 18.3 Å². The van der Waals surface area contributed by atoms with Gasteiger partial charge in [0.05, 0.1) is 17.7 Å². The van der Waals surface area contributed by atoms with E-state index in [1.807, 2.05) is 0 Å². The maximum atomic E-state index is 11.3. The quantitative estimate of drug-likeness (QED) is 0.752. The minimum Gasteiger partial charge on any atom is -0.395 e. The molecule has 1 aromatic rings. The molecule has 0 spiro atoms. The number of carbonyl (C=O) groups is 1. The van der Waals surface area contributed by atoms with Crippen LogP contribution in [-0.2, 0) is 14.6 Å². The molecule has 0 unspecified atom stereocenters. The molecule has 98 valence electrons. The van der Waals surface area contributed by atoms with Gasteiger partial charge in [-0.3, -0.25) is 4.79 Å². The molecule has 0 radical (unpaired) electrons. The zero-order valence-electron chi connectivity index (χ0n) is 9.63. The number of aromatic nitrogens is 1. The summed E-state index contributed by atoms with van der Waals surface area (Å²) in [6, 6.07) is 0. The van der Waals surface area contributed by atoms with Crippen molar-refractivity contribution in [3.8, 4) is 11.8 Å². The minimum absolute atomic E-state index is 0.0102. The van der Waals surface area contributed by atoms with Crippen molar-refractivity contribution in [2.75, 3.05) is 23.9 Å². The molecule has 0 aliphatic heterocycles. The first-order chi connectivity index (χ1) is 8.40. The summed E-state index contributed by atoms with van der Waals surface area (Å²) in [5, 5.41) is 11.2. The molecule has 1 heterocycles. The van der Waals surface area contributed by atoms with Crippen molar-refractivity contribution in [2.45, 2.75) is 6.42 Å². The number of anilines is 1. The summed E-state index contributed by atoms with van der Waals surface area (Å²) in [7, 11) is -3.35. The van der Waals surface area contributed by atoms with E-state index in [0.717, 1.165) is 17.6 Å². The monoisotopic (exact) mass is 288 g/mol. The molecule has 1 amide bonds. The number of aliphatic hydroxyl groups is 1. The maximum Gasteiger partial charge on any atom is 0.241 e. The lowest BCUT2D eigenvalue weighted by atomic mass is 10.4. The SMILES string of the molecule is CS(=O)(=O)CC(=O)Nc1ncc(C#CCCO)s1. The number of hydrogen-bond acceptors (Lipinski definition) is 6. The number of carbonyl (C=O) groups excluding carboxylic acids is 1. The summed E-state index contributed by atoms with van der Waals surface area (Å²) in [6.45, 7) is -0.0102. The van der Waals surface area contributed by atoms with E-state index in [1.54, 1.807) is 0 Å². The van der Waals surface area contributed by atoms with Crippen molar-refractivity contribution in [3.05, 3.63) is 11.1 Å². The van der Waals surface area contributed by atoms with Crippen molar-refractivity contribution in [1.29, 1.82) is 0 Å². The van der Waals surface area contributed by atoms with Crippen LogP contribution in [0.4, 0.5) is 5.13 Å². The predicted octanol–water partition coefficient (Wildman–Crippen LogP) is -0.140. The third kappa shape index (κ3) is 5.77. The van der Waals surface area contributed by atoms with Gasteiger partial charge in [-0.15, -0.1) is 0 Å². The number of nitrogens with one attached hydrogen (secondary N) is 1. The van der Waals surface area contributed by atoms with E-state index in [-0.39, 0.29) is 6.61 Å². The van der Waals surface area contributed by atoms with E-state index < -0.39 is 21.5 Å². The normalized spacial score (nSPS) is 10.6. The number of rotatable bonds is 4. The molecule has 0 saturated carbocycles. The van der Waals surface area contributed by atoms with Gasteiger partial charge in [0.1, 0.15) is 5.75 Å². The number of aliphatic hydroxyl groups excluding tert-OH is 1. The van der Waals surface area contributed by atoms with E-state index in [1.165, 1.54) is 6.20 Å². The zero-order valence-corrected chi connectivity index (χ0v) is 11.3. The Balaban J connectivity index is 2.60. The van der Waals surface area contributed by atoms with Gasteiger partial charge >= 0.3 is 0 Å². The minimum atomic E-state index is -3.35. The second-order valence-corrected chi connectivity index (χ2v) is 6.59. The van der Waals surface area contributed by atoms with Gasteiger partial charge < -0.3 is 10.4 Å². The van der Waals surface area contributed by atoms with Gasteiger partial charge in [-0.25, -0.2) is 13.4 Å². The highest BCUT2D eigenvalue weighted by molar-refractivity contribution is 7.91. The second kappa shape index (κ2) is 6.49. The molecule has 0 atom stereocenters. The van der Waals surface area contributed by atoms with Gasteiger partial charge in [-0.2, -0.15) is 0 Å². The van der Waals surface area contributed by atoms with Crippen molar-refractivity contribution in [1.82, 2.24) is 4.98 Å². The molecule has 0 saturated heterocycles. The summed E-state index contributed by atoms with van der Waals surface area (Å²) >= 11 is 1.14. The molecule has 6 nitrogen and oxygen atoms in total. The zero-order chi connectivity index (χ0) is 13.6. The van der Waals surface area contributed by atoms with E-state index in [4.69, 9.17) is 5.11 Å². The second-order valence-electron chi connectivity index (χ2n) is 3.42. The van der Waals surface area contributed by atoms with E-state index in [0.29, 0.717) is 16.4 Å². The van der Waals surface area contributed by atoms with Gasteiger partial charge in [0.2, 0.25) is 5.91 Å². The average Bonchev–Trinajstić information content (AvgIpc) is 2.63. The lowest BCUT2D eigenvalue weighted by Crippen LogP contribution is -2.21. The molecular formula is C10H12N2O4S2. The smallest absolute Gasteiger partial charge is 0.241 e. The Kier molecular flexibility index (Phi) is 5.27. The molecule has 0 bridgehead atoms. The number of nitrogens with zero attached hydrogens (tertiary/aromatic N) is 1. The first-order valence-corrected chi connectivity index (χ1v) is 7.81. The first kappa shape index (κ1) is 14.6. The highest BCUT2D eigenvalue weighted by Gasteiger charge is 2.12. The number of thiazole rings is 1. The number of amides is 1. The fourth-order valence-corrected chi connectivity index (χ4v) is 2.24. The van der Waals surface area contributed by atoms with Gasteiger partial charge in [-0.05, 0) is 0 Å². The van der Waals surface area contributed by atoms with Gasteiger partial charge in [0.25, 0.3) is 0 Å². The van der Waals surface area contributed by atoms with E-state index in [2.05, 4.69) is 22.1 Å². The van der Waals surface area contributed by atoms with Gasteiger partial charge in [0.15, 0.2) is 15.0 Å². The fourth-order valence-electron chi connectivity index (χ4n) is 0.989. The predicted molar refractivity (Wildman–Crippen MR) is 69.0 cm³/mol. The van der Waals surface area contributed by atoms with Crippen LogP contribution in [0.3, 0.4) is 0 Å². The summed E-state index contributed by atoms with van der Waals surface area (Å²) in [4.78, 5) is 15.8. The Morgan fingerprint density at radius 3 is 2.94 bits per heavy atom. The van der Waals surface area contributed by atoms with Crippen LogP contribution in [-0.4, -0.2) is 43.0 Å². The van der Waals surface area contributed by atoms with Crippen molar-refractivity contribution >= 4 is 32.2 Å². The van der Waals surface area contributed by atoms with Crippen LogP contribution in [0.25, 0.3) is 0 Å². The Hall–Kier alpha value is -1.43. The summed E-state index contributed by atoms with van der Waals surface area (Å²) in [5.41, 5.74) is 0. The Bertz CT molecular complexity index is 581. The van der Waals surface area contributed by atoms with E-state index >= 15 is 0 Å². The molecule has 8 heteroatoms. The summed E-state index contributed by atoms with van der Waals surface area (Å²) in [5.74, 6) is 4.29. The topological polar surface area (TPSA) is 96.4 Å². The maximum absolute atomic E-state index is 11.3. The largest absolute Gasteiger partial charge is 0.395 e. The molecule has 0 aliphatic carbocycles. The number of sulfone groups is 1. The standard InChI is InChI=1S/C10H12N2O4S2/c1-18(15,16)7-9(14)12-10-11-6-8(17-10)4-2-3-5-13/h6,13H,3,5,7H2,1H3,(H,11,12,14). The van der Waals surface area contributed by atoms with Crippen LogP contribution in [0.1, 0.15) is 11.3 Å². The highest BCUT2D eigenvalue weighted by Crippen LogP contribution is 2.16. The Morgan fingerprint density at radius 2 is 2.33 bits per heavy atom. The molecule has 18 heavy (non-hydrogen) atoms. The van der Waals surface area contributed by atoms with Crippen LogP contribution >= 0.6 is 11.3 Å². The lowest BCUT2D eigenvalue weighted by Gasteiger charge is -1.98. The van der Waals surface area contributed by atoms with Crippen molar-refractivity contribution in [3.63, 3.8) is 0 Å². The van der Waals surface area contributed by atoms with Crippen LogP contribution in [0.15, 0.2) is 6.20 Å². The first-order valence-electron chi connectivity index (χ1n) is 4.94. The van der Waals surface area contributed by atoms with E-state index in [9.17, 15) is 13.2 Å². The molecule has 1 rings (SSSR count). The third-order valence-electron chi connectivity index (χ3n) is 1.59. The average molecular weight is 288 g/mol. The molecular weight excluding hydrogens is 276 g/mol. The van der Waals surface area contributed by atoms with Crippen LogP contribution in [0.2, 0.25) is 0 Å². The van der Waals surface area contributed by atoms with Gasteiger partial charge in [-0.1, -0.05) is 23.2 Å². The van der Waals surface area contributed by atoms with Crippen LogP contribution in [0, 0.1) is 11.8 Å². The lowest BCUT2D eigenvalue weighted by molar-refractivity contribution is -0.113. The Labute approximate surface area is 109 Å². The molecule has 0 aromatic carbocycles. The number of hydrogen-bond donors (Lipinski definition) is 2. The Morgan fingerprint density at radius 1 is 1.61 bits per heavy atom. The van der Waals surface area contributed by atoms with Crippen LogP contribution in [0.5, 0.6) is 0 Å². The summed E-state index contributed by atoms with van der Waals surface area (Å²) in [6.07, 6.45) is 2.83.